The molecule has 0 aliphatic carbocycles. The van der Waals surface area contributed by atoms with Crippen molar-refractivity contribution < 1.29 is 13.5 Å². The van der Waals surface area contributed by atoms with E-state index in [1.165, 1.54) is 0 Å². The van der Waals surface area contributed by atoms with Gasteiger partial charge in [-0.05, 0) is 48.2 Å². The molecule has 0 radical (unpaired) electrons. The van der Waals surface area contributed by atoms with Crippen molar-refractivity contribution in [2.45, 2.75) is 26.4 Å². The summed E-state index contributed by atoms with van der Waals surface area (Å²) in [5.74, 6) is 0.882. The summed E-state index contributed by atoms with van der Waals surface area (Å²) < 4.78 is 28.1. The summed E-state index contributed by atoms with van der Waals surface area (Å²) in [5.41, 5.74) is 6.43. The first kappa shape index (κ1) is 22.6. The van der Waals surface area contributed by atoms with Gasteiger partial charge in [-0.1, -0.05) is 24.3 Å². The number of benzene rings is 1. The molecule has 3 N–H and O–H groups in total. The molecular weight excluding hydrogens is 452 g/mol. The van der Waals surface area contributed by atoms with E-state index < -0.39 is 11.3 Å². The van der Waals surface area contributed by atoms with E-state index in [0.717, 1.165) is 56.9 Å². The van der Waals surface area contributed by atoms with Crippen LogP contribution in [0, 0.1) is 6.92 Å². The number of nitrogens with zero attached hydrogens (tertiary/aromatic N) is 4. The smallest absolute Gasteiger partial charge is 0.232 e. The summed E-state index contributed by atoms with van der Waals surface area (Å²) in [7, 11) is 0. The summed E-state index contributed by atoms with van der Waals surface area (Å²) in [5, 5.41) is 8.17. The highest BCUT2D eigenvalue weighted by Crippen LogP contribution is 2.37. The van der Waals surface area contributed by atoms with Crippen LogP contribution in [-0.4, -0.2) is 54.7 Å². The van der Waals surface area contributed by atoms with E-state index in [2.05, 4.69) is 32.8 Å². The topological polar surface area (TPSA) is 116 Å². The second-order valence-corrected chi connectivity index (χ2v) is 9.18. The van der Waals surface area contributed by atoms with E-state index in [1.54, 1.807) is 6.20 Å². The fraction of sp³-hybridized carbons (Fsp3) is 0.292. The number of aromatic amines is 1. The van der Waals surface area contributed by atoms with Gasteiger partial charge < -0.3 is 9.64 Å². The van der Waals surface area contributed by atoms with E-state index in [-0.39, 0.29) is 6.04 Å². The standard InChI is InChI=1S/C24H26N6O3S/c1-15-12-25-23(20-7-8-26-29-20)24-22(15)19(11-21(28-24)30-9-10-33-14-16(30)2)18-5-3-17(4-6-18)13-27-34(31)32/h3-8,11-12,16,27H,9-10,13-14H2,1-2H3,(H,26,29)(H,31,32)/t16-/m1/s1. The number of rotatable bonds is 6. The molecule has 0 spiro atoms. The monoisotopic (exact) mass is 478 g/mol. The maximum Gasteiger partial charge on any atom is 0.232 e. The molecule has 176 valence electrons. The summed E-state index contributed by atoms with van der Waals surface area (Å²) in [6, 6.07) is 12.2. The van der Waals surface area contributed by atoms with E-state index in [0.29, 0.717) is 19.8 Å². The lowest BCUT2D eigenvalue weighted by atomic mass is 9.96. The van der Waals surface area contributed by atoms with Gasteiger partial charge in [-0.25, -0.2) is 13.9 Å². The van der Waals surface area contributed by atoms with Gasteiger partial charge in [0.25, 0.3) is 0 Å². The Balaban J connectivity index is 1.69. The Labute approximate surface area is 200 Å². The molecule has 1 unspecified atom stereocenters. The Morgan fingerprint density at radius 3 is 2.82 bits per heavy atom. The number of ether oxygens (including phenoxy) is 1. The number of hydrogen-bond acceptors (Lipinski definition) is 6. The number of fused-ring (bicyclic) bond motifs is 1. The Morgan fingerprint density at radius 1 is 1.29 bits per heavy atom. The second kappa shape index (κ2) is 9.59. The van der Waals surface area contributed by atoms with Crippen molar-refractivity contribution in [1.29, 1.82) is 0 Å². The molecule has 34 heavy (non-hydrogen) atoms. The normalized spacial score (nSPS) is 17.3. The zero-order chi connectivity index (χ0) is 23.7. The first-order valence-electron chi connectivity index (χ1n) is 11.1. The van der Waals surface area contributed by atoms with Crippen molar-refractivity contribution in [2.24, 2.45) is 0 Å². The van der Waals surface area contributed by atoms with E-state index in [1.807, 2.05) is 43.5 Å². The number of morpholine rings is 1. The predicted molar refractivity (Wildman–Crippen MR) is 133 cm³/mol. The molecule has 1 aliphatic heterocycles. The minimum Gasteiger partial charge on any atom is -0.377 e. The highest BCUT2D eigenvalue weighted by Gasteiger charge is 2.23. The molecule has 0 bridgehead atoms. The number of H-pyrrole nitrogens is 1. The number of anilines is 1. The highest BCUT2D eigenvalue weighted by atomic mass is 32.2. The third kappa shape index (κ3) is 4.45. The van der Waals surface area contributed by atoms with Gasteiger partial charge in [0.1, 0.15) is 17.0 Å². The van der Waals surface area contributed by atoms with Crippen molar-refractivity contribution >= 4 is 28.0 Å². The molecule has 9 nitrogen and oxygen atoms in total. The lowest BCUT2D eigenvalue weighted by molar-refractivity contribution is 0.0986. The molecule has 1 aliphatic rings. The molecule has 1 fully saturated rings. The molecular formula is C24H26N6O3S. The van der Waals surface area contributed by atoms with Crippen LogP contribution < -0.4 is 9.62 Å². The van der Waals surface area contributed by atoms with Gasteiger partial charge in [0, 0.05) is 30.9 Å². The molecule has 1 aromatic carbocycles. The molecule has 4 heterocycles. The number of hydrogen-bond donors (Lipinski definition) is 3. The van der Waals surface area contributed by atoms with Gasteiger partial charge in [-0.3, -0.25) is 14.6 Å². The minimum atomic E-state index is -2.05. The third-order valence-electron chi connectivity index (χ3n) is 6.09. The van der Waals surface area contributed by atoms with Crippen LogP contribution in [-0.2, 0) is 22.5 Å². The predicted octanol–water partition coefficient (Wildman–Crippen LogP) is 3.45. The van der Waals surface area contributed by atoms with Crippen molar-refractivity contribution in [1.82, 2.24) is 24.9 Å². The van der Waals surface area contributed by atoms with Gasteiger partial charge in [-0.2, -0.15) is 5.10 Å². The fourth-order valence-electron chi connectivity index (χ4n) is 4.36. The average Bonchev–Trinajstić information content (AvgIpc) is 3.38. The lowest BCUT2D eigenvalue weighted by Crippen LogP contribution is -2.44. The van der Waals surface area contributed by atoms with Crippen LogP contribution in [0.4, 0.5) is 5.82 Å². The maximum absolute atomic E-state index is 11.0. The summed E-state index contributed by atoms with van der Waals surface area (Å²) in [6.07, 6.45) is 3.58. The Bertz CT molecular complexity index is 1330. The zero-order valence-electron chi connectivity index (χ0n) is 19.0. The molecule has 1 saturated heterocycles. The van der Waals surface area contributed by atoms with Gasteiger partial charge >= 0.3 is 0 Å². The van der Waals surface area contributed by atoms with Crippen LogP contribution in [0.25, 0.3) is 33.4 Å². The first-order valence-corrected chi connectivity index (χ1v) is 12.2. The fourth-order valence-corrected chi connectivity index (χ4v) is 4.65. The Morgan fingerprint density at radius 2 is 2.12 bits per heavy atom. The van der Waals surface area contributed by atoms with E-state index in [4.69, 9.17) is 19.3 Å². The Kier molecular flexibility index (Phi) is 6.38. The largest absolute Gasteiger partial charge is 0.377 e. The third-order valence-corrected chi connectivity index (χ3v) is 6.49. The Hall–Kier alpha value is -3.18. The summed E-state index contributed by atoms with van der Waals surface area (Å²) in [6.45, 7) is 6.57. The first-order chi connectivity index (χ1) is 16.5. The number of pyridine rings is 2. The number of nitrogens with one attached hydrogen (secondary N) is 2. The van der Waals surface area contributed by atoms with Gasteiger partial charge in [0.2, 0.25) is 11.3 Å². The molecule has 3 aromatic heterocycles. The molecule has 4 aromatic rings. The van der Waals surface area contributed by atoms with E-state index in [9.17, 15) is 4.21 Å². The van der Waals surface area contributed by atoms with Gasteiger partial charge in [0.15, 0.2) is 0 Å². The quantitative estimate of drug-likeness (QED) is 0.364. The number of aromatic nitrogens is 4. The van der Waals surface area contributed by atoms with E-state index >= 15 is 0 Å². The average molecular weight is 479 g/mol. The maximum atomic E-state index is 11.0. The number of aryl methyl sites for hydroxylation is 1. The van der Waals surface area contributed by atoms with Crippen LogP contribution in [0.3, 0.4) is 0 Å². The van der Waals surface area contributed by atoms with Crippen molar-refractivity contribution in [2.75, 3.05) is 24.7 Å². The van der Waals surface area contributed by atoms with Crippen LogP contribution in [0.2, 0.25) is 0 Å². The zero-order valence-corrected chi connectivity index (χ0v) is 19.8. The molecule has 0 amide bonds. The van der Waals surface area contributed by atoms with Crippen LogP contribution in [0.15, 0.2) is 48.8 Å². The van der Waals surface area contributed by atoms with Crippen molar-refractivity contribution in [3.63, 3.8) is 0 Å². The minimum absolute atomic E-state index is 0.202. The molecule has 2 atom stereocenters. The SMILES string of the molecule is Cc1cnc(-c2ccn[nH]2)c2nc(N3CCOC[C@H]3C)cc(-c3ccc(CNS(=O)O)cc3)c12. The second-order valence-electron chi connectivity index (χ2n) is 8.40. The van der Waals surface area contributed by atoms with Crippen LogP contribution >= 0.6 is 0 Å². The molecule has 5 rings (SSSR count). The lowest BCUT2D eigenvalue weighted by Gasteiger charge is -2.34. The van der Waals surface area contributed by atoms with Gasteiger partial charge in [-0.15, -0.1) is 0 Å². The molecule has 10 heteroatoms. The summed E-state index contributed by atoms with van der Waals surface area (Å²) >= 11 is -2.05. The summed E-state index contributed by atoms with van der Waals surface area (Å²) in [4.78, 5) is 12.1. The molecule has 0 saturated carbocycles. The van der Waals surface area contributed by atoms with Gasteiger partial charge in [0.05, 0.1) is 24.9 Å². The van der Waals surface area contributed by atoms with Crippen molar-refractivity contribution in [3.8, 4) is 22.5 Å². The van der Waals surface area contributed by atoms with Crippen LogP contribution in [0.1, 0.15) is 18.1 Å². The van der Waals surface area contributed by atoms with Crippen molar-refractivity contribution in [3.05, 3.63) is 59.9 Å². The highest BCUT2D eigenvalue weighted by molar-refractivity contribution is 7.77. The van der Waals surface area contributed by atoms with Crippen LogP contribution in [0.5, 0.6) is 0 Å².